The van der Waals surface area contributed by atoms with Crippen LogP contribution in [-0.2, 0) is 6.54 Å². The highest BCUT2D eigenvalue weighted by Crippen LogP contribution is 2.40. The van der Waals surface area contributed by atoms with Crippen LogP contribution >= 0.6 is 11.8 Å². The number of benzene rings is 2. The van der Waals surface area contributed by atoms with Gasteiger partial charge in [-0.3, -0.25) is 4.99 Å². The molecule has 0 unspecified atom stereocenters. The lowest BCUT2D eigenvalue weighted by Crippen LogP contribution is -2.07. The molecule has 0 saturated carbocycles. The molecule has 0 atom stereocenters. The Morgan fingerprint density at radius 1 is 1.09 bits per heavy atom. The van der Waals surface area contributed by atoms with Crippen molar-refractivity contribution in [1.29, 1.82) is 0 Å². The van der Waals surface area contributed by atoms with E-state index in [-0.39, 0.29) is 5.82 Å². The summed E-state index contributed by atoms with van der Waals surface area (Å²) in [6.45, 7) is 5.54. The van der Waals surface area contributed by atoms with Gasteiger partial charge in [-0.25, -0.2) is 4.39 Å². The Labute approximate surface area is 139 Å². The molecule has 3 nitrogen and oxygen atoms in total. The molecule has 0 aliphatic carbocycles. The van der Waals surface area contributed by atoms with E-state index >= 15 is 0 Å². The molecule has 1 aliphatic heterocycles. The lowest BCUT2D eigenvalue weighted by atomic mass is 10.2. The Morgan fingerprint density at radius 2 is 1.78 bits per heavy atom. The van der Waals surface area contributed by atoms with Crippen LogP contribution in [0.15, 0.2) is 46.3 Å². The van der Waals surface area contributed by atoms with Gasteiger partial charge in [-0.2, -0.15) is 0 Å². The van der Waals surface area contributed by atoms with Gasteiger partial charge in [-0.15, -0.1) is 0 Å². The van der Waals surface area contributed by atoms with Crippen LogP contribution in [0.25, 0.3) is 0 Å². The fraction of sp³-hybridized carbons (Fsp3) is 0.278. The minimum atomic E-state index is -0.252. The van der Waals surface area contributed by atoms with Crippen LogP contribution in [0, 0.1) is 5.82 Å². The van der Waals surface area contributed by atoms with Gasteiger partial charge in [0.05, 0.1) is 19.8 Å². The second-order valence-corrected chi connectivity index (χ2v) is 6.01. The molecular formula is C18H18FNO2S. The molecule has 2 aromatic rings. The number of thioether (sulfide) groups is 1. The second-order valence-electron chi connectivity index (χ2n) is 4.98. The highest BCUT2D eigenvalue weighted by atomic mass is 32.2. The van der Waals surface area contributed by atoms with Gasteiger partial charge >= 0.3 is 0 Å². The normalized spacial score (nSPS) is 13.3. The molecule has 0 saturated heterocycles. The van der Waals surface area contributed by atoms with Crippen molar-refractivity contribution in [1.82, 2.24) is 0 Å². The SMILES string of the molecule is CCOc1cc2c(cc1OCC)SC(c1ccccc1F)=NC2. The van der Waals surface area contributed by atoms with Gasteiger partial charge in [0.25, 0.3) is 0 Å². The third-order valence-corrected chi connectivity index (χ3v) is 4.57. The van der Waals surface area contributed by atoms with Crippen LogP contribution in [0.3, 0.4) is 0 Å². The number of ether oxygens (including phenoxy) is 2. The van der Waals surface area contributed by atoms with E-state index in [4.69, 9.17) is 9.47 Å². The topological polar surface area (TPSA) is 30.8 Å². The van der Waals surface area contributed by atoms with Crippen molar-refractivity contribution in [2.24, 2.45) is 4.99 Å². The van der Waals surface area contributed by atoms with Gasteiger partial charge in [0.2, 0.25) is 0 Å². The van der Waals surface area contributed by atoms with Gasteiger partial charge in [0.15, 0.2) is 11.5 Å². The molecule has 0 bridgehead atoms. The van der Waals surface area contributed by atoms with E-state index in [2.05, 4.69) is 4.99 Å². The molecule has 1 aliphatic rings. The van der Waals surface area contributed by atoms with E-state index in [0.717, 1.165) is 22.0 Å². The standard InChI is InChI=1S/C18H18FNO2S/c1-3-21-15-9-12-11-20-18(13-7-5-6-8-14(13)19)23-17(12)10-16(15)22-4-2/h5-10H,3-4,11H2,1-2H3. The van der Waals surface area contributed by atoms with Gasteiger partial charge in [-0.1, -0.05) is 23.9 Å². The molecule has 23 heavy (non-hydrogen) atoms. The van der Waals surface area contributed by atoms with Crippen LogP contribution in [-0.4, -0.2) is 18.3 Å². The highest BCUT2D eigenvalue weighted by molar-refractivity contribution is 8.14. The minimum Gasteiger partial charge on any atom is -0.490 e. The molecule has 2 aromatic carbocycles. The molecular weight excluding hydrogens is 313 g/mol. The largest absolute Gasteiger partial charge is 0.490 e. The fourth-order valence-corrected chi connectivity index (χ4v) is 3.44. The molecule has 0 aromatic heterocycles. The van der Waals surface area contributed by atoms with Crippen molar-refractivity contribution in [3.63, 3.8) is 0 Å². The summed E-state index contributed by atoms with van der Waals surface area (Å²) in [5, 5.41) is 0.696. The van der Waals surface area contributed by atoms with Crippen molar-refractivity contribution >= 4 is 16.8 Å². The highest BCUT2D eigenvalue weighted by Gasteiger charge is 2.20. The first-order valence-corrected chi connectivity index (χ1v) is 8.44. The number of fused-ring (bicyclic) bond motifs is 1. The smallest absolute Gasteiger partial charge is 0.162 e. The van der Waals surface area contributed by atoms with Crippen LogP contribution in [0.4, 0.5) is 4.39 Å². The second kappa shape index (κ2) is 7.04. The molecule has 120 valence electrons. The first-order chi connectivity index (χ1) is 11.2. The monoisotopic (exact) mass is 331 g/mol. The lowest BCUT2D eigenvalue weighted by Gasteiger charge is -2.19. The van der Waals surface area contributed by atoms with Gasteiger partial charge in [0, 0.05) is 10.5 Å². The minimum absolute atomic E-state index is 0.252. The van der Waals surface area contributed by atoms with E-state index in [9.17, 15) is 4.39 Å². The van der Waals surface area contributed by atoms with Crippen LogP contribution in [0.1, 0.15) is 25.0 Å². The summed E-state index contributed by atoms with van der Waals surface area (Å²) in [6.07, 6.45) is 0. The van der Waals surface area contributed by atoms with Crippen molar-refractivity contribution in [2.75, 3.05) is 13.2 Å². The Hall–Kier alpha value is -2.01. The molecule has 1 heterocycles. The van der Waals surface area contributed by atoms with Crippen molar-refractivity contribution < 1.29 is 13.9 Å². The molecule has 0 spiro atoms. The molecule has 3 rings (SSSR count). The maximum absolute atomic E-state index is 14.0. The molecule has 0 amide bonds. The molecule has 0 radical (unpaired) electrons. The zero-order valence-corrected chi connectivity index (χ0v) is 14.0. The van der Waals surface area contributed by atoms with Crippen molar-refractivity contribution in [3.05, 3.63) is 53.3 Å². The van der Waals surface area contributed by atoms with Crippen molar-refractivity contribution in [2.45, 2.75) is 25.3 Å². The summed E-state index contributed by atoms with van der Waals surface area (Å²) in [5.74, 6) is 1.20. The third kappa shape index (κ3) is 3.34. The van der Waals surface area contributed by atoms with Gasteiger partial charge < -0.3 is 9.47 Å². The number of aliphatic imine (C=N–C) groups is 1. The van der Waals surface area contributed by atoms with Gasteiger partial charge in [0.1, 0.15) is 10.9 Å². The summed E-state index contributed by atoms with van der Waals surface area (Å²) in [6, 6.07) is 10.6. The predicted octanol–water partition coefficient (Wildman–Crippen LogP) is 4.68. The average molecular weight is 331 g/mol. The zero-order valence-electron chi connectivity index (χ0n) is 13.1. The first kappa shape index (κ1) is 15.9. The summed E-state index contributed by atoms with van der Waals surface area (Å²) in [4.78, 5) is 5.55. The van der Waals surface area contributed by atoms with Crippen LogP contribution in [0.2, 0.25) is 0 Å². The first-order valence-electron chi connectivity index (χ1n) is 7.62. The maximum atomic E-state index is 14.0. The van der Waals surface area contributed by atoms with E-state index in [1.807, 2.05) is 32.0 Å². The van der Waals surface area contributed by atoms with Gasteiger partial charge in [-0.05, 0) is 43.7 Å². The number of halogens is 1. The number of hydrogen-bond acceptors (Lipinski definition) is 4. The number of hydrogen-bond donors (Lipinski definition) is 0. The number of rotatable bonds is 5. The Morgan fingerprint density at radius 3 is 2.48 bits per heavy atom. The van der Waals surface area contributed by atoms with Crippen LogP contribution in [0.5, 0.6) is 11.5 Å². The lowest BCUT2D eigenvalue weighted by molar-refractivity contribution is 0.286. The summed E-state index contributed by atoms with van der Waals surface area (Å²) >= 11 is 1.47. The predicted molar refractivity (Wildman–Crippen MR) is 91.3 cm³/mol. The van der Waals surface area contributed by atoms with E-state index in [1.54, 1.807) is 12.1 Å². The third-order valence-electron chi connectivity index (χ3n) is 3.43. The fourth-order valence-electron chi connectivity index (χ4n) is 2.41. The Bertz CT molecular complexity index is 746. The van der Waals surface area contributed by atoms with E-state index < -0.39 is 0 Å². The summed E-state index contributed by atoms with van der Waals surface area (Å²) < 4.78 is 25.3. The molecule has 5 heteroatoms. The Kier molecular flexibility index (Phi) is 4.86. The van der Waals surface area contributed by atoms with Crippen LogP contribution < -0.4 is 9.47 Å². The quantitative estimate of drug-likeness (QED) is 0.797. The molecule has 0 N–H and O–H groups in total. The maximum Gasteiger partial charge on any atom is 0.162 e. The van der Waals surface area contributed by atoms with E-state index in [0.29, 0.717) is 30.4 Å². The average Bonchev–Trinajstić information content (AvgIpc) is 2.56. The Balaban J connectivity index is 1.94. The number of nitrogens with zero attached hydrogens (tertiary/aromatic N) is 1. The van der Waals surface area contributed by atoms with E-state index in [1.165, 1.54) is 17.8 Å². The molecule has 0 fully saturated rings. The summed E-state index contributed by atoms with van der Waals surface area (Å²) in [5.41, 5.74) is 1.61. The zero-order chi connectivity index (χ0) is 16.2. The summed E-state index contributed by atoms with van der Waals surface area (Å²) in [7, 11) is 0. The van der Waals surface area contributed by atoms with Crippen molar-refractivity contribution in [3.8, 4) is 11.5 Å².